The van der Waals surface area contributed by atoms with Crippen LogP contribution in [0.5, 0.6) is 0 Å². The number of carbonyl (C=O) groups is 2. The van der Waals surface area contributed by atoms with Crippen LogP contribution in [-0.2, 0) is 4.79 Å². The molecule has 1 aromatic rings. The van der Waals surface area contributed by atoms with Crippen LogP contribution in [0.1, 0.15) is 30.1 Å². The van der Waals surface area contributed by atoms with Crippen molar-refractivity contribution in [1.82, 2.24) is 10.2 Å². The van der Waals surface area contributed by atoms with E-state index in [4.69, 9.17) is 5.73 Å². The average Bonchev–Trinajstić information content (AvgIpc) is 2.50. The molecule has 1 aromatic carbocycles. The van der Waals surface area contributed by atoms with Crippen LogP contribution in [0, 0.1) is 5.92 Å². The van der Waals surface area contributed by atoms with Crippen LogP contribution in [0.3, 0.4) is 0 Å². The van der Waals surface area contributed by atoms with Crippen molar-refractivity contribution >= 4 is 11.8 Å². The van der Waals surface area contributed by atoms with Crippen molar-refractivity contribution in [2.75, 3.05) is 19.6 Å². The molecule has 21 heavy (non-hydrogen) atoms. The number of benzene rings is 1. The first-order valence-electron chi connectivity index (χ1n) is 7.43. The summed E-state index contributed by atoms with van der Waals surface area (Å²) in [6, 6.07) is 9.12. The molecular weight excluding hydrogens is 266 g/mol. The van der Waals surface area contributed by atoms with Crippen molar-refractivity contribution in [3.05, 3.63) is 35.9 Å². The normalized spacial score (nSPS) is 22.8. The standard InChI is InChI=1S/C16H23N3O2/c1-12-7-8-13(9-17)10-19(12)11-15(20)18-16(21)14-5-3-2-4-6-14/h2-6,12-13H,7-11,17H2,1H3,(H,18,20,21). The number of nitrogens with two attached hydrogens (primary N) is 1. The minimum absolute atomic E-state index is 0.246. The third-order valence-electron chi connectivity index (χ3n) is 4.08. The SMILES string of the molecule is CC1CCC(CN)CN1CC(=O)NC(=O)c1ccccc1. The lowest BCUT2D eigenvalue weighted by Crippen LogP contribution is -2.49. The Labute approximate surface area is 125 Å². The first-order valence-corrected chi connectivity index (χ1v) is 7.43. The molecule has 5 heteroatoms. The summed E-state index contributed by atoms with van der Waals surface area (Å²) in [7, 11) is 0. The summed E-state index contributed by atoms with van der Waals surface area (Å²) in [5.74, 6) is -0.159. The van der Waals surface area contributed by atoms with Crippen LogP contribution in [0.15, 0.2) is 30.3 Å². The molecule has 3 N–H and O–H groups in total. The third-order valence-corrected chi connectivity index (χ3v) is 4.08. The molecule has 0 spiro atoms. The smallest absolute Gasteiger partial charge is 0.257 e. The molecule has 5 nitrogen and oxygen atoms in total. The molecule has 0 bridgehead atoms. The summed E-state index contributed by atoms with van der Waals surface area (Å²) >= 11 is 0. The van der Waals surface area contributed by atoms with Crippen LogP contribution < -0.4 is 11.1 Å². The highest BCUT2D eigenvalue weighted by Crippen LogP contribution is 2.20. The Bertz CT molecular complexity index is 490. The van der Waals surface area contributed by atoms with E-state index in [1.54, 1.807) is 24.3 Å². The maximum Gasteiger partial charge on any atom is 0.257 e. The molecule has 2 unspecified atom stereocenters. The number of imide groups is 1. The van der Waals surface area contributed by atoms with E-state index in [-0.39, 0.29) is 18.4 Å². The molecule has 1 aliphatic rings. The van der Waals surface area contributed by atoms with Crippen LogP contribution in [0.2, 0.25) is 0 Å². The number of hydrogen-bond donors (Lipinski definition) is 2. The molecule has 0 radical (unpaired) electrons. The van der Waals surface area contributed by atoms with Gasteiger partial charge in [0.2, 0.25) is 5.91 Å². The van der Waals surface area contributed by atoms with E-state index in [9.17, 15) is 9.59 Å². The monoisotopic (exact) mass is 289 g/mol. The van der Waals surface area contributed by atoms with E-state index >= 15 is 0 Å². The lowest BCUT2D eigenvalue weighted by Gasteiger charge is -2.37. The summed E-state index contributed by atoms with van der Waals surface area (Å²) in [5, 5.41) is 2.45. The van der Waals surface area contributed by atoms with Gasteiger partial charge in [0.05, 0.1) is 6.54 Å². The van der Waals surface area contributed by atoms with Gasteiger partial charge in [0.25, 0.3) is 5.91 Å². The molecule has 0 aromatic heterocycles. The zero-order valence-electron chi connectivity index (χ0n) is 12.4. The van der Waals surface area contributed by atoms with Gasteiger partial charge in [-0.25, -0.2) is 0 Å². The molecule has 2 amide bonds. The number of piperidine rings is 1. The van der Waals surface area contributed by atoms with Crippen molar-refractivity contribution in [2.45, 2.75) is 25.8 Å². The summed E-state index contributed by atoms with van der Waals surface area (Å²) in [6.45, 7) is 3.83. The highest BCUT2D eigenvalue weighted by atomic mass is 16.2. The van der Waals surface area contributed by atoms with Crippen LogP contribution in [-0.4, -0.2) is 42.4 Å². The van der Waals surface area contributed by atoms with Crippen molar-refractivity contribution in [3.8, 4) is 0 Å². The Morgan fingerprint density at radius 2 is 2.00 bits per heavy atom. The number of hydrogen-bond acceptors (Lipinski definition) is 4. The molecule has 114 valence electrons. The lowest BCUT2D eigenvalue weighted by molar-refractivity contribution is -0.122. The predicted octanol–water partition coefficient (Wildman–Crippen LogP) is 1.00. The topological polar surface area (TPSA) is 75.4 Å². The molecule has 1 saturated heterocycles. The summed E-state index contributed by atoms with van der Waals surface area (Å²) in [5.41, 5.74) is 6.21. The fourth-order valence-corrected chi connectivity index (χ4v) is 2.69. The number of nitrogens with zero attached hydrogens (tertiary/aromatic N) is 1. The van der Waals surface area contributed by atoms with Gasteiger partial charge < -0.3 is 5.73 Å². The average molecular weight is 289 g/mol. The van der Waals surface area contributed by atoms with E-state index in [1.807, 2.05) is 6.07 Å². The van der Waals surface area contributed by atoms with Gasteiger partial charge in [-0.1, -0.05) is 18.2 Å². The number of carbonyl (C=O) groups excluding carboxylic acids is 2. The second-order valence-corrected chi connectivity index (χ2v) is 5.70. The number of rotatable bonds is 4. The van der Waals surface area contributed by atoms with E-state index in [1.165, 1.54) is 0 Å². The largest absolute Gasteiger partial charge is 0.330 e. The fourth-order valence-electron chi connectivity index (χ4n) is 2.69. The Morgan fingerprint density at radius 3 is 2.67 bits per heavy atom. The minimum atomic E-state index is -0.347. The van der Waals surface area contributed by atoms with E-state index in [2.05, 4.69) is 17.1 Å². The first-order chi connectivity index (χ1) is 10.1. The Balaban J connectivity index is 1.87. The highest BCUT2D eigenvalue weighted by Gasteiger charge is 2.26. The van der Waals surface area contributed by atoms with Crippen molar-refractivity contribution < 1.29 is 9.59 Å². The highest BCUT2D eigenvalue weighted by molar-refractivity contribution is 6.05. The quantitative estimate of drug-likeness (QED) is 0.867. The van der Waals surface area contributed by atoms with Gasteiger partial charge in [-0.2, -0.15) is 0 Å². The number of likely N-dealkylation sites (tertiary alicyclic amines) is 1. The molecule has 1 aliphatic heterocycles. The summed E-state index contributed by atoms with van der Waals surface area (Å²) in [4.78, 5) is 26.1. The van der Waals surface area contributed by atoms with E-state index in [0.29, 0.717) is 24.1 Å². The van der Waals surface area contributed by atoms with Crippen molar-refractivity contribution in [2.24, 2.45) is 11.7 Å². The predicted molar refractivity (Wildman–Crippen MR) is 81.7 cm³/mol. The summed E-state index contributed by atoms with van der Waals surface area (Å²) in [6.07, 6.45) is 2.15. The van der Waals surface area contributed by atoms with Gasteiger partial charge in [-0.15, -0.1) is 0 Å². The van der Waals surface area contributed by atoms with Gasteiger partial charge in [-0.3, -0.25) is 19.8 Å². The molecule has 2 rings (SSSR count). The summed E-state index contributed by atoms with van der Waals surface area (Å²) < 4.78 is 0. The maximum atomic E-state index is 12.0. The molecular formula is C16H23N3O2. The zero-order chi connectivity index (χ0) is 15.2. The third kappa shape index (κ3) is 4.37. The van der Waals surface area contributed by atoms with Gasteiger partial charge in [0.15, 0.2) is 0 Å². The molecule has 2 atom stereocenters. The van der Waals surface area contributed by atoms with Crippen molar-refractivity contribution in [3.63, 3.8) is 0 Å². The van der Waals surface area contributed by atoms with Gasteiger partial charge in [-0.05, 0) is 44.4 Å². The molecule has 1 heterocycles. The Morgan fingerprint density at radius 1 is 1.29 bits per heavy atom. The Kier molecular flexibility index (Phi) is 5.47. The second-order valence-electron chi connectivity index (χ2n) is 5.70. The van der Waals surface area contributed by atoms with Gasteiger partial charge in [0, 0.05) is 18.2 Å². The molecule has 0 aliphatic carbocycles. The second kappa shape index (κ2) is 7.33. The van der Waals surface area contributed by atoms with Crippen LogP contribution >= 0.6 is 0 Å². The molecule has 0 saturated carbocycles. The maximum absolute atomic E-state index is 12.0. The Hall–Kier alpha value is -1.72. The van der Waals surface area contributed by atoms with Crippen LogP contribution in [0.25, 0.3) is 0 Å². The van der Waals surface area contributed by atoms with E-state index in [0.717, 1.165) is 19.4 Å². The van der Waals surface area contributed by atoms with Crippen LogP contribution in [0.4, 0.5) is 0 Å². The van der Waals surface area contributed by atoms with Crippen molar-refractivity contribution in [1.29, 1.82) is 0 Å². The van der Waals surface area contributed by atoms with Gasteiger partial charge >= 0.3 is 0 Å². The van der Waals surface area contributed by atoms with E-state index < -0.39 is 0 Å². The van der Waals surface area contributed by atoms with Gasteiger partial charge in [0.1, 0.15) is 0 Å². The number of amides is 2. The fraction of sp³-hybridized carbons (Fsp3) is 0.500. The number of nitrogens with one attached hydrogen (secondary N) is 1. The minimum Gasteiger partial charge on any atom is -0.330 e. The zero-order valence-corrected chi connectivity index (χ0v) is 12.4. The molecule has 1 fully saturated rings. The first kappa shape index (κ1) is 15.7. The lowest BCUT2D eigenvalue weighted by atomic mass is 9.93.